The number of nitrogens with two attached hydrogens (primary N) is 1. The molecule has 1 aliphatic carbocycles. The smallest absolute Gasteiger partial charge is 0.238 e. The van der Waals surface area contributed by atoms with Crippen molar-refractivity contribution in [1.82, 2.24) is 5.32 Å². The largest absolute Gasteiger partial charge is 0.347 e. The summed E-state index contributed by atoms with van der Waals surface area (Å²) in [6, 6.07) is 3.60. The van der Waals surface area contributed by atoms with E-state index in [4.69, 9.17) is 12.2 Å². The number of terminal acetylenes is 1. The molecular weight excluding hydrogens is 256 g/mol. The molecule has 1 aromatic heterocycles. The van der Waals surface area contributed by atoms with E-state index in [9.17, 15) is 4.79 Å². The van der Waals surface area contributed by atoms with Gasteiger partial charge in [-0.25, -0.2) is 0 Å². The van der Waals surface area contributed by atoms with Gasteiger partial charge in [-0.15, -0.1) is 23.7 Å². The molecule has 1 aromatic rings. The second-order valence-corrected chi connectivity index (χ2v) is 6.04. The van der Waals surface area contributed by atoms with Crippen molar-refractivity contribution in [2.24, 2.45) is 11.7 Å². The number of hydrogen-bond donors (Lipinski definition) is 2. The van der Waals surface area contributed by atoms with Crippen LogP contribution in [0.4, 0.5) is 0 Å². The van der Waals surface area contributed by atoms with Crippen molar-refractivity contribution in [2.75, 3.05) is 0 Å². The minimum atomic E-state index is -0.603. The van der Waals surface area contributed by atoms with Gasteiger partial charge in [-0.05, 0) is 30.2 Å². The van der Waals surface area contributed by atoms with Crippen LogP contribution in [0.15, 0.2) is 17.5 Å². The summed E-state index contributed by atoms with van der Waals surface area (Å²) in [4.78, 5) is 13.3. The molecule has 0 aliphatic heterocycles. The molecule has 0 aromatic carbocycles. The Morgan fingerprint density at radius 3 is 2.89 bits per heavy atom. The molecule has 2 rings (SSSR count). The fourth-order valence-corrected chi connectivity index (χ4v) is 3.53. The Morgan fingerprint density at radius 2 is 2.32 bits per heavy atom. The van der Waals surface area contributed by atoms with Crippen LogP contribution in [-0.4, -0.2) is 11.9 Å². The second kappa shape index (κ2) is 6.74. The van der Waals surface area contributed by atoms with E-state index >= 15 is 0 Å². The number of carbonyl (C=O) groups excluding carboxylic acids is 1. The maximum Gasteiger partial charge on any atom is 0.238 e. The fourth-order valence-electron chi connectivity index (χ4n) is 2.66. The summed E-state index contributed by atoms with van der Waals surface area (Å²) < 4.78 is 0. The molecule has 2 unspecified atom stereocenters. The number of hydrogen-bond acceptors (Lipinski definition) is 3. The van der Waals surface area contributed by atoms with Crippen molar-refractivity contribution in [2.45, 2.75) is 44.2 Å². The zero-order chi connectivity index (χ0) is 13.7. The van der Waals surface area contributed by atoms with E-state index in [1.807, 2.05) is 11.4 Å². The van der Waals surface area contributed by atoms with Crippen molar-refractivity contribution in [3.63, 3.8) is 0 Å². The zero-order valence-corrected chi connectivity index (χ0v) is 11.8. The van der Waals surface area contributed by atoms with Gasteiger partial charge in [0.15, 0.2) is 0 Å². The fraction of sp³-hybridized carbons (Fsp3) is 0.533. The summed E-state index contributed by atoms with van der Waals surface area (Å²) >= 11 is 1.69. The highest BCUT2D eigenvalue weighted by Gasteiger charge is 2.29. The van der Waals surface area contributed by atoms with Crippen molar-refractivity contribution < 1.29 is 4.79 Å². The molecule has 1 fully saturated rings. The summed E-state index contributed by atoms with van der Waals surface area (Å²) in [7, 11) is 0. The average molecular weight is 276 g/mol. The minimum Gasteiger partial charge on any atom is -0.347 e. The zero-order valence-electron chi connectivity index (χ0n) is 11.0. The highest BCUT2D eigenvalue weighted by Crippen LogP contribution is 2.37. The molecule has 1 aliphatic rings. The van der Waals surface area contributed by atoms with E-state index in [1.165, 1.54) is 30.6 Å². The Labute approximate surface area is 118 Å². The number of nitrogens with one attached hydrogen (secondary N) is 1. The highest BCUT2D eigenvalue weighted by molar-refractivity contribution is 7.10. The molecule has 4 heteroatoms. The lowest BCUT2D eigenvalue weighted by Gasteiger charge is -2.25. The second-order valence-electron chi connectivity index (χ2n) is 5.06. The van der Waals surface area contributed by atoms with E-state index < -0.39 is 6.04 Å². The SMILES string of the molecule is C#CCC(N)C(=O)NC(c1cccs1)C1CCCC1. The molecule has 3 nitrogen and oxygen atoms in total. The van der Waals surface area contributed by atoms with Gasteiger partial charge in [-0.1, -0.05) is 18.9 Å². The normalized spacial score (nSPS) is 18.7. The third-order valence-corrected chi connectivity index (χ3v) is 4.65. The van der Waals surface area contributed by atoms with Crippen molar-refractivity contribution >= 4 is 17.2 Å². The number of carbonyl (C=O) groups is 1. The van der Waals surface area contributed by atoms with E-state index in [2.05, 4.69) is 17.3 Å². The van der Waals surface area contributed by atoms with Crippen LogP contribution < -0.4 is 11.1 Å². The van der Waals surface area contributed by atoms with Crippen LogP contribution in [0.3, 0.4) is 0 Å². The van der Waals surface area contributed by atoms with E-state index in [0.717, 1.165) is 0 Å². The Hall–Kier alpha value is -1.31. The van der Waals surface area contributed by atoms with Gasteiger partial charge in [-0.2, -0.15) is 0 Å². The summed E-state index contributed by atoms with van der Waals surface area (Å²) in [6.07, 6.45) is 10.3. The van der Waals surface area contributed by atoms with Crippen LogP contribution in [0.1, 0.15) is 43.0 Å². The number of rotatable bonds is 5. The molecule has 2 atom stereocenters. The predicted molar refractivity (Wildman–Crippen MR) is 78.6 cm³/mol. The molecule has 1 saturated carbocycles. The third kappa shape index (κ3) is 3.59. The Bertz CT molecular complexity index is 443. The predicted octanol–water partition coefficient (Wildman–Crippen LogP) is 2.45. The third-order valence-electron chi connectivity index (χ3n) is 3.69. The molecule has 0 spiro atoms. The van der Waals surface area contributed by atoms with E-state index in [0.29, 0.717) is 5.92 Å². The van der Waals surface area contributed by atoms with Crippen LogP contribution >= 0.6 is 11.3 Å². The van der Waals surface area contributed by atoms with Crippen LogP contribution in [0.25, 0.3) is 0 Å². The lowest BCUT2D eigenvalue weighted by atomic mass is 9.96. The van der Waals surface area contributed by atoms with Crippen molar-refractivity contribution in [1.29, 1.82) is 0 Å². The number of amides is 1. The molecule has 1 amide bonds. The summed E-state index contributed by atoms with van der Waals surface area (Å²) in [5, 5.41) is 5.14. The van der Waals surface area contributed by atoms with Crippen LogP contribution in [0, 0.1) is 18.3 Å². The molecule has 0 radical (unpaired) electrons. The maximum atomic E-state index is 12.1. The van der Waals surface area contributed by atoms with Gasteiger partial charge < -0.3 is 11.1 Å². The molecule has 1 heterocycles. The first kappa shape index (κ1) is 14.1. The van der Waals surface area contributed by atoms with E-state index in [-0.39, 0.29) is 18.4 Å². The molecule has 0 bridgehead atoms. The monoisotopic (exact) mass is 276 g/mol. The highest BCUT2D eigenvalue weighted by atomic mass is 32.1. The summed E-state index contributed by atoms with van der Waals surface area (Å²) in [5.41, 5.74) is 5.78. The summed E-state index contributed by atoms with van der Waals surface area (Å²) in [6.45, 7) is 0. The first-order chi connectivity index (χ1) is 9.22. The Kier molecular flexibility index (Phi) is 5.00. The van der Waals surface area contributed by atoms with Gasteiger partial charge in [0, 0.05) is 11.3 Å². The molecule has 3 N–H and O–H groups in total. The topological polar surface area (TPSA) is 55.1 Å². The van der Waals surface area contributed by atoms with E-state index in [1.54, 1.807) is 11.3 Å². The lowest BCUT2D eigenvalue weighted by Crippen LogP contribution is -2.43. The van der Waals surface area contributed by atoms with Crippen molar-refractivity contribution in [3.05, 3.63) is 22.4 Å². The van der Waals surface area contributed by atoms with Gasteiger partial charge in [-0.3, -0.25) is 4.79 Å². The quantitative estimate of drug-likeness (QED) is 0.812. The molecule has 19 heavy (non-hydrogen) atoms. The van der Waals surface area contributed by atoms with Crippen LogP contribution in [0.5, 0.6) is 0 Å². The maximum absolute atomic E-state index is 12.1. The molecule has 0 saturated heterocycles. The van der Waals surface area contributed by atoms with Gasteiger partial charge in [0.25, 0.3) is 0 Å². The standard InChI is InChI=1S/C15H20N2OS/c1-2-6-12(16)15(18)17-14(11-7-3-4-8-11)13-9-5-10-19-13/h1,5,9-12,14H,3-4,6-8,16H2,(H,17,18). The van der Waals surface area contributed by atoms with Crippen molar-refractivity contribution in [3.8, 4) is 12.3 Å². The van der Waals surface area contributed by atoms with Gasteiger partial charge >= 0.3 is 0 Å². The van der Waals surface area contributed by atoms with Crippen LogP contribution in [-0.2, 0) is 4.79 Å². The average Bonchev–Trinajstić information content (AvgIpc) is 3.09. The molecular formula is C15H20N2OS. The first-order valence-electron chi connectivity index (χ1n) is 6.75. The van der Waals surface area contributed by atoms with Gasteiger partial charge in [0.1, 0.15) is 0 Å². The number of thiophene rings is 1. The minimum absolute atomic E-state index is 0.0961. The first-order valence-corrected chi connectivity index (χ1v) is 7.63. The summed E-state index contributed by atoms with van der Waals surface area (Å²) in [5.74, 6) is 2.84. The Balaban J connectivity index is 2.06. The van der Waals surface area contributed by atoms with Crippen LogP contribution in [0.2, 0.25) is 0 Å². The Morgan fingerprint density at radius 1 is 1.58 bits per heavy atom. The van der Waals surface area contributed by atoms with Gasteiger partial charge in [0.2, 0.25) is 5.91 Å². The lowest BCUT2D eigenvalue weighted by molar-refractivity contribution is -0.123. The molecule has 102 valence electrons. The van der Waals surface area contributed by atoms with Gasteiger partial charge in [0.05, 0.1) is 12.1 Å².